The number of amides is 1. The van der Waals surface area contributed by atoms with E-state index in [1.54, 1.807) is 0 Å². The van der Waals surface area contributed by atoms with Crippen molar-refractivity contribution in [2.45, 2.75) is 45.8 Å². The Hall–Kier alpha value is -0.290. The van der Waals surface area contributed by atoms with Gasteiger partial charge in [-0.2, -0.15) is 0 Å². The minimum absolute atomic E-state index is 0.0728. The van der Waals surface area contributed by atoms with Gasteiger partial charge in [-0.15, -0.1) is 0 Å². The second-order valence-electron chi connectivity index (χ2n) is 5.02. The lowest BCUT2D eigenvalue weighted by atomic mass is 10.0. The summed E-state index contributed by atoms with van der Waals surface area (Å²) < 4.78 is 5.11. The second-order valence-corrected chi connectivity index (χ2v) is 5.67. The van der Waals surface area contributed by atoms with E-state index in [-0.39, 0.29) is 12.6 Å². The number of carbonyl (C=O) groups is 1. The molecule has 0 radical (unpaired) electrons. The number of aliphatic hydroxyl groups excluding tert-OH is 1. The zero-order valence-electron chi connectivity index (χ0n) is 10.4. The summed E-state index contributed by atoms with van der Waals surface area (Å²) in [5.74, 6) is 0.395. The molecule has 0 heterocycles. The minimum atomic E-state index is -0.509. The van der Waals surface area contributed by atoms with Crippen molar-refractivity contribution < 1.29 is 14.6 Å². The molecule has 0 aliphatic carbocycles. The van der Waals surface area contributed by atoms with Crippen LogP contribution >= 0.6 is 15.9 Å². The number of alkyl halides is 1. The molecule has 4 nitrogen and oxygen atoms in total. The zero-order valence-corrected chi connectivity index (χ0v) is 12.0. The van der Waals surface area contributed by atoms with E-state index in [0.717, 1.165) is 11.8 Å². The van der Waals surface area contributed by atoms with E-state index in [2.05, 4.69) is 21.2 Å². The first-order chi connectivity index (χ1) is 7.28. The van der Waals surface area contributed by atoms with Gasteiger partial charge in [0.25, 0.3) is 0 Å². The van der Waals surface area contributed by atoms with Crippen LogP contribution in [0.1, 0.15) is 34.1 Å². The van der Waals surface area contributed by atoms with Crippen LogP contribution in [0.3, 0.4) is 0 Å². The first-order valence-corrected chi connectivity index (χ1v) is 6.57. The first kappa shape index (κ1) is 15.7. The summed E-state index contributed by atoms with van der Waals surface area (Å²) >= 11 is 3.36. The van der Waals surface area contributed by atoms with Crippen LogP contribution in [0.2, 0.25) is 0 Å². The Balaban J connectivity index is 4.07. The summed E-state index contributed by atoms with van der Waals surface area (Å²) in [6.07, 6.45) is 0.245. The van der Waals surface area contributed by atoms with Crippen LogP contribution in [0.5, 0.6) is 0 Å². The van der Waals surface area contributed by atoms with Crippen molar-refractivity contribution in [1.82, 2.24) is 5.32 Å². The van der Waals surface area contributed by atoms with E-state index < -0.39 is 11.7 Å². The number of hydrogen-bond acceptors (Lipinski definition) is 3. The summed E-state index contributed by atoms with van der Waals surface area (Å²) in [6.45, 7) is 7.40. The maximum atomic E-state index is 11.4. The van der Waals surface area contributed by atoms with Gasteiger partial charge in [0.15, 0.2) is 0 Å². The van der Waals surface area contributed by atoms with Crippen molar-refractivity contribution in [2.24, 2.45) is 5.92 Å². The van der Waals surface area contributed by atoms with Gasteiger partial charge in [-0.3, -0.25) is 0 Å². The smallest absolute Gasteiger partial charge is 0.407 e. The molecule has 0 saturated carbocycles. The summed E-state index contributed by atoms with van der Waals surface area (Å²) in [5, 5.41) is 12.6. The predicted octanol–water partition coefficient (Wildman–Crippen LogP) is 2.29. The number of halogens is 1. The maximum Gasteiger partial charge on any atom is 0.407 e. The average molecular weight is 296 g/mol. The quantitative estimate of drug-likeness (QED) is 0.765. The normalized spacial score (nSPS) is 15.4. The zero-order chi connectivity index (χ0) is 12.8. The molecular weight excluding hydrogens is 274 g/mol. The molecule has 0 aromatic carbocycles. The molecule has 0 unspecified atom stereocenters. The molecule has 0 rings (SSSR count). The molecule has 2 N–H and O–H groups in total. The van der Waals surface area contributed by atoms with Gasteiger partial charge in [-0.05, 0) is 33.1 Å². The van der Waals surface area contributed by atoms with Crippen molar-refractivity contribution in [1.29, 1.82) is 0 Å². The molecule has 2 atom stereocenters. The second kappa shape index (κ2) is 7.12. The van der Waals surface area contributed by atoms with Crippen LogP contribution in [0.15, 0.2) is 0 Å². The van der Waals surface area contributed by atoms with Crippen LogP contribution in [-0.2, 0) is 4.74 Å². The monoisotopic (exact) mass is 295 g/mol. The van der Waals surface area contributed by atoms with Crippen molar-refractivity contribution in [3.05, 3.63) is 0 Å². The highest BCUT2D eigenvalue weighted by atomic mass is 79.9. The van der Waals surface area contributed by atoms with E-state index in [9.17, 15) is 4.79 Å². The lowest BCUT2D eigenvalue weighted by molar-refractivity contribution is 0.0475. The Bertz CT molecular complexity index is 216. The largest absolute Gasteiger partial charge is 0.444 e. The molecule has 0 aromatic heterocycles. The number of hydrogen-bond donors (Lipinski definition) is 2. The Morgan fingerprint density at radius 1 is 1.50 bits per heavy atom. The Morgan fingerprint density at radius 2 is 2.06 bits per heavy atom. The Kier molecular flexibility index (Phi) is 6.99. The van der Waals surface area contributed by atoms with E-state index in [4.69, 9.17) is 9.84 Å². The molecule has 0 aromatic rings. The lowest BCUT2D eigenvalue weighted by Crippen LogP contribution is -2.41. The van der Waals surface area contributed by atoms with Gasteiger partial charge in [0.1, 0.15) is 5.60 Å². The third kappa shape index (κ3) is 7.93. The predicted molar refractivity (Wildman–Crippen MR) is 67.8 cm³/mol. The summed E-state index contributed by atoms with van der Waals surface area (Å²) in [4.78, 5) is 11.4. The Labute approximate surface area is 106 Å². The number of nitrogens with one attached hydrogen (secondary N) is 1. The van der Waals surface area contributed by atoms with Gasteiger partial charge in [-0.25, -0.2) is 4.79 Å². The Morgan fingerprint density at radius 3 is 2.44 bits per heavy atom. The third-order valence-electron chi connectivity index (χ3n) is 1.89. The molecule has 16 heavy (non-hydrogen) atoms. The minimum Gasteiger partial charge on any atom is -0.444 e. The first-order valence-electron chi connectivity index (χ1n) is 5.44. The molecule has 0 aliphatic heterocycles. The number of aliphatic hydroxyl groups is 1. The topological polar surface area (TPSA) is 58.6 Å². The molecule has 0 aliphatic rings. The molecular formula is C11H22BrNO3. The van der Waals surface area contributed by atoms with Crippen molar-refractivity contribution >= 4 is 22.0 Å². The molecule has 96 valence electrons. The SMILES string of the molecule is C[C@@H](CBr)C[C@@H](CO)NC(=O)OC(C)(C)C. The summed E-state index contributed by atoms with van der Waals surface area (Å²) in [5.41, 5.74) is -0.509. The molecule has 0 fully saturated rings. The van der Waals surface area contributed by atoms with E-state index in [1.807, 2.05) is 27.7 Å². The van der Waals surface area contributed by atoms with E-state index in [1.165, 1.54) is 0 Å². The fourth-order valence-electron chi connectivity index (χ4n) is 1.20. The molecule has 5 heteroatoms. The molecule has 0 saturated heterocycles. The highest BCUT2D eigenvalue weighted by Crippen LogP contribution is 2.10. The number of ether oxygens (including phenoxy) is 1. The molecule has 0 bridgehead atoms. The van der Waals surface area contributed by atoms with Gasteiger partial charge in [0.05, 0.1) is 12.6 Å². The molecule has 1 amide bonds. The number of carbonyl (C=O) groups excluding carboxylic acids is 1. The van der Waals surface area contributed by atoms with Crippen molar-refractivity contribution in [2.75, 3.05) is 11.9 Å². The lowest BCUT2D eigenvalue weighted by Gasteiger charge is -2.23. The maximum absolute atomic E-state index is 11.4. The number of alkyl carbamates (subject to hydrolysis) is 1. The van der Waals surface area contributed by atoms with Gasteiger partial charge in [0, 0.05) is 5.33 Å². The van der Waals surface area contributed by atoms with E-state index >= 15 is 0 Å². The van der Waals surface area contributed by atoms with Crippen LogP contribution in [0, 0.1) is 5.92 Å². The van der Waals surface area contributed by atoms with Gasteiger partial charge in [0.2, 0.25) is 0 Å². The van der Waals surface area contributed by atoms with E-state index in [0.29, 0.717) is 5.92 Å². The van der Waals surface area contributed by atoms with Gasteiger partial charge >= 0.3 is 6.09 Å². The van der Waals surface area contributed by atoms with Crippen LogP contribution in [0.4, 0.5) is 4.79 Å². The standard InChI is InChI=1S/C11H22BrNO3/c1-8(6-12)5-9(7-14)13-10(15)16-11(2,3)4/h8-9,14H,5-7H2,1-4H3,(H,13,15)/t8-,9+/m1/s1. The van der Waals surface area contributed by atoms with Gasteiger partial charge in [-0.1, -0.05) is 22.9 Å². The van der Waals surface area contributed by atoms with Crippen molar-refractivity contribution in [3.8, 4) is 0 Å². The fourth-order valence-corrected chi connectivity index (χ4v) is 1.47. The average Bonchev–Trinajstić information content (AvgIpc) is 2.13. The summed E-state index contributed by atoms with van der Waals surface area (Å²) in [6, 6.07) is -0.248. The van der Waals surface area contributed by atoms with Gasteiger partial charge < -0.3 is 15.2 Å². The highest BCUT2D eigenvalue weighted by molar-refractivity contribution is 9.09. The fraction of sp³-hybridized carbons (Fsp3) is 0.909. The number of rotatable bonds is 5. The van der Waals surface area contributed by atoms with Crippen molar-refractivity contribution in [3.63, 3.8) is 0 Å². The summed E-state index contributed by atoms with van der Waals surface area (Å²) in [7, 11) is 0. The van der Waals surface area contributed by atoms with Crippen LogP contribution in [-0.4, -0.2) is 34.8 Å². The molecule has 0 spiro atoms. The third-order valence-corrected chi connectivity index (χ3v) is 3.00. The van der Waals surface area contributed by atoms with Crippen LogP contribution < -0.4 is 5.32 Å². The highest BCUT2D eigenvalue weighted by Gasteiger charge is 2.20. The van der Waals surface area contributed by atoms with Crippen LogP contribution in [0.25, 0.3) is 0 Å².